The van der Waals surface area contributed by atoms with Crippen LogP contribution in [0.5, 0.6) is 11.5 Å². The number of carboxylic acid groups (broad SMARTS) is 2. The zero-order chi connectivity index (χ0) is 19.9. The second kappa shape index (κ2) is 9.07. The molecule has 2 aromatic carbocycles. The summed E-state index contributed by atoms with van der Waals surface area (Å²) in [4.78, 5) is 21.0. The predicted molar refractivity (Wildman–Crippen MR) is 92.9 cm³/mol. The lowest BCUT2D eigenvalue weighted by atomic mass is 10.2. The van der Waals surface area contributed by atoms with Crippen LogP contribution >= 0.6 is 10.7 Å². The van der Waals surface area contributed by atoms with Gasteiger partial charge in [0, 0.05) is 10.7 Å². The maximum atomic E-state index is 10.9. The normalized spacial score (nSPS) is 10.3. The standard InChI is InChI=1S/C8H7ClO5S.C8H8O3/c1-14-7-3-2-5(15(9,12)13)4-6(7)8(10)11;1-11-7-5-3-2-4-6(7)8(9)10/h2-4H,1H3,(H,10,11);2-5H,1H3,(H,9,10). The molecule has 0 saturated carbocycles. The average molecular weight is 403 g/mol. The first-order valence-electron chi connectivity index (χ1n) is 6.84. The van der Waals surface area contributed by atoms with E-state index in [-0.39, 0.29) is 21.8 Å². The van der Waals surface area contributed by atoms with Gasteiger partial charge in [-0.25, -0.2) is 18.0 Å². The Balaban J connectivity index is 0.000000273. The fourth-order valence-electron chi connectivity index (χ4n) is 1.83. The Kier molecular flexibility index (Phi) is 7.41. The van der Waals surface area contributed by atoms with E-state index in [2.05, 4.69) is 0 Å². The minimum atomic E-state index is -3.93. The van der Waals surface area contributed by atoms with Gasteiger partial charge in [-0.1, -0.05) is 12.1 Å². The van der Waals surface area contributed by atoms with E-state index in [1.54, 1.807) is 18.2 Å². The fourth-order valence-corrected chi connectivity index (χ4v) is 2.60. The fraction of sp³-hybridized carbons (Fsp3) is 0.125. The van der Waals surface area contributed by atoms with Gasteiger partial charge in [0.05, 0.1) is 19.1 Å². The monoisotopic (exact) mass is 402 g/mol. The van der Waals surface area contributed by atoms with Crippen LogP contribution < -0.4 is 9.47 Å². The summed E-state index contributed by atoms with van der Waals surface area (Å²) in [6.07, 6.45) is 0. The smallest absolute Gasteiger partial charge is 0.339 e. The molecule has 0 heterocycles. The third-order valence-corrected chi connectivity index (χ3v) is 4.37. The SMILES string of the molecule is COc1ccc(S(=O)(=O)Cl)cc1C(=O)O.COc1ccccc1C(=O)O. The predicted octanol–water partition coefficient (Wildman–Crippen LogP) is 2.71. The van der Waals surface area contributed by atoms with Gasteiger partial charge in [-0.3, -0.25) is 0 Å². The topological polar surface area (TPSA) is 127 Å². The summed E-state index contributed by atoms with van der Waals surface area (Å²) in [6, 6.07) is 9.86. The number of halogens is 1. The maximum Gasteiger partial charge on any atom is 0.339 e. The largest absolute Gasteiger partial charge is 0.496 e. The summed E-state index contributed by atoms with van der Waals surface area (Å²) in [6.45, 7) is 0. The Bertz CT molecular complexity index is 908. The molecule has 140 valence electrons. The van der Waals surface area contributed by atoms with Crippen molar-refractivity contribution in [1.82, 2.24) is 0 Å². The Morgan fingerprint density at radius 2 is 1.38 bits per heavy atom. The van der Waals surface area contributed by atoms with Gasteiger partial charge in [-0.2, -0.15) is 0 Å². The number of carboxylic acids is 2. The lowest BCUT2D eigenvalue weighted by Gasteiger charge is -2.05. The van der Waals surface area contributed by atoms with Crippen molar-refractivity contribution in [2.45, 2.75) is 4.90 Å². The van der Waals surface area contributed by atoms with Crippen molar-refractivity contribution in [2.24, 2.45) is 0 Å². The van der Waals surface area contributed by atoms with Crippen LogP contribution in [0.25, 0.3) is 0 Å². The maximum absolute atomic E-state index is 10.9. The van der Waals surface area contributed by atoms with Gasteiger partial charge in [0.25, 0.3) is 9.05 Å². The van der Waals surface area contributed by atoms with Crippen molar-refractivity contribution < 1.29 is 37.7 Å². The zero-order valence-corrected chi connectivity index (χ0v) is 15.2. The van der Waals surface area contributed by atoms with Crippen molar-refractivity contribution in [3.8, 4) is 11.5 Å². The van der Waals surface area contributed by atoms with Gasteiger partial charge in [0.15, 0.2) is 0 Å². The van der Waals surface area contributed by atoms with E-state index in [1.165, 1.54) is 32.4 Å². The average Bonchev–Trinajstić information content (AvgIpc) is 2.60. The molecule has 2 N–H and O–H groups in total. The highest BCUT2D eigenvalue weighted by Gasteiger charge is 2.17. The third kappa shape index (κ3) is 5.64. The van der Waals surface area contributed by atoms with Gasteiger partial charge in [0.2, 0.25) is 0 Å². The number of hydrogen-bond donors (Lipinski definition) is 2. The number of ether oxygens (including phenoxy) is 2. The molecule has 0 fully saturated rings. The molecule has 2 rings (SSSR count). The Hall–Kier alpha value is -2.78. The molecule has 0 bridgehead atoms. The summed E-state index contributed by atoms with van der Waals surface area (Å²) in [7, 11) is 3.87. The molecule has 10 heteroatoms. The number of para-hydroxylation sites is 1. The molecule has 26 heavy (non-hydrogen) atoms. The summed E-state index contributed by atoms with van der Waals surface area (Å²) in [5.74, 6) is -1.79. The minimum Gasteiger partial charge on any atom is -0.496 e. The second-order valence-corrected chi connectivity index (χ2v) is 7.18. The number of carbonyl (C=O) groups is 2. The van der Waals surface area contributed by atoms with Gasteiger partial charge < -0.3 is 19.7 Å². The number of methoxy groups -OCH3 is 2. The van der Waals surface area contributed by atoms with Gasteiger partial charge >= 0.3 is 11.9 Å². The van der Waals surface area contributed by atoms with Crippen LogP contribution in [-0.2, 0) is 9.05 Å². The molecule has 0 unspecified atom stereocenters. The lowest BCUT2D eigenvalue weighted by Crippen LogP contribution is -2.02. The Morgan fingerprint density at radius 3 is 1.81 bits per heavy atom. The van der Waals surface area contributed by atoms with E-state index in [1.807, 2.05) is 0 Å². The molecule has 0 saturated heterocycles. The molecule has 8 nitrogen and oxygen atoms in total. The van der Waals surface area contributed by atoms with Crippen LogP contribution in [0, 0.1) is 0 Å². The number of aromatic carboxylic acids is 2. The second-order valence-electron chi connectivity index (χ2n) is 4.61. The third-order valence-electron chi connectivity index (χ3n) is 3.02. The van der Waals surface area contributed by atoms with E-state index in [9.17, 15) is 18.0 Å². The first kappa shape index (κ1) is 21.3. The summed E-state index contributed by atoms with van der Waals surface area (Å²) >= 11 is 0. The van der Waals surface area contributed by atoms with Crippen LogP contribution in [0.1, 0.15) is 20.7 Å². The zero-order valence-electron chi connectivity index (χ0n) is 13.7. The van der Waals surface area contributed by atoms with Crippen LogP contribution in [0.4, 0.5) is 0 Å². The molecule has 0 aliphatic carbocycles. The Labute approximate surface area is 154 Å². The first-order valence-corrected chi connectivity index (χ1v) is 9.15. The lowest BCUT2D eigenvalue weighted by molar-refractivity contribution is 0.0682. The van der Waals surface area contributed by atoms with Gasteiger partial charge in [-0.15, -0.1) is 0 Å². The molecule has 0 radical (unpaired) electrons. The molecule has 2 aromatic rings. The minimum absolute atomic E-state index is 0.0755. The van der Waals surface area contributed by atoms with E-state index >= 15 is 0 Å². The molecule has 0 amide bonds. The van der Waals surface area contributed by atoms with Crippen molar-refractivity contribution in [3.63, 3.8) is 0 Å². The highest BCUT2D eigenvalue weighted by Crippen LogP contribution is 2.24. The Morgan fingerprint density at radius 1 is 0.885 bits per heavy atom. The van der Waals surface area contributed by atoms with Crippen LogP contribution in [0.15, 0.2) is 47.4 Å². The van der Waals surface area contributed by atoms with Gasteiger partial charge in [0.1, 0.15) is 22.6 Å². The van der Waals surface area contributed by atoms with Crippen LogP contribution in [-0.4, -0.2) is 44.8 Å². The van der Waals surface area contributed by atoms with E-state index in [4.69, 9.17) is 30.4 Å². The molecule has 0 atom stereocenters. The van der Waals surface area contributed by atoms with Crippen LogP contribution in [0.3, 0.4) is 0 Å². The number of hydrogen-bond acceptors (Lipinski definition) is 6. The molecule has 0 aliphatic heterocycles. The van der Waals surface area contributed by atoms with Gasteiger partial charge in [-0.05, 0) is 30.3 Å². The molecule has 0 spiro atoms. The molecule has 0 aromatic heterocycles. The molecule has 0 aliphatic rings. The highest BCUT2D eigenvalue weighted by molar-refractivity contribution is 8.13. The number of rotatable bonds is 5. The summed E-state index contributed by atoms with van der Waals surface area (Å²) in [5.41, 5.74) is -0.0609. The van der Waals surface area contributed by atoms with Crippen molar-refractivity contribution in [1.29, 1.82) is 0 Å². The van der Waals surface area contributed by atoms with Crippen LogP contribution in [0.2, 0.25) is 0 Å². The summed E-state index contributed by atoms with van der Waals surface area (Å²) in [5, 5.41) is 17.4. The molecular formula is C16H15ClO8S. The van der Waals surface area contributed by atoms with E-state index in [0.29, 0.717) is 5.75 Å². The van der Waals surface area contributed by atoms with E-state index < -0.39 is 21.0 Å². The molecular weight excluding hydrogens is 388 g/mol. The highest BCUT2D eigenvalue weighted by atomic mass is 35.7. The van der Waals surface area contributed by atoms with Crippen molar-refractivity contribution >= 4 is 31.7 Å². The van der Waals surface area contributed by atoms with E-state index in [0.717, 1.165) is 6.07 Å². The summed E-state index contributed by atoms with van der Waals surface area (Å²) < 4.78 is 31.5. The number of benzene rings is 2. The quantitative estimate of drug-likeness (QED) is 0.730. The van der Waals surface area contributed by atoms with Crippen molar-refractivity contribution in [2.75, 3.05) is 14.2 Å². The van der Waals surface area contributed by atoms with Crippen molar-refractivity contribution in [3.05, 3.63) is 53.6 Å². The first-order chi connectivity index (χ1) is 12.1.